The monoisotopic (exact) mass is 229 g/mol. The predicted molar refractivity (Wildman–Crippen MR) is 62.2 cm³/mol. The molecule has 1 aliphatic carbocycles. The zero-order chi connectivity index (χ0) is 12.3. The third-order valence-electron chi connectivity index (χ3n) is 2.83. The van der Waals surface area contributed by atoms with Crippen LogP contribution in [0.3, 0.4) is 0 Å². The van der Waals surface area contributed by atoms with Crippen LogP contribution in [0.15, 0.2) is 0 Å². The molecule has 4 nitrogen and oxygen atoms in total. The van der Waals surface area contributed by atoms with E-state index < -0.39 is 5.60 Å². The Bertz CT molecular complexity index is 247. The highest BCUT2D eigenvalue weighted by Gasteiger charge is 2.28. The normalized spacial score (nSPS) is 25.6. The molecule has 0 aromatic carbocycles. The Morgan fingerprint density at radius 3 is 2.50 bits per heavy atom. The van der Waals surface area contributed by atoms with Gasteiger partial charge in [0.05, 0.1) is 6.10 Å². The van der Waals surface area contributed by atoms with Gasteiger partial charge in [0, 0.05) is 19.5 Å². The summed E-state index contributed by atoms with van der Waals surface area (Å²) in [4.78, 5) is 13.2. The lowest BCUT2D eigenvalue weighted by atomic mass is 10.1. The second-order valence-electron chi connectivity index (χ2n) is 5.62. The van der Waals surface area contributed by atoms with Crippen molar-refractivity contribution in [2.24, 2.45) is 5.92 Å². The zero-order valence-corrected chi connectivity index (χ0v) is 10.7. The molecular formula is C12H23NO3. The molecule has 1 fully saturated rings. The standard InChI is InChI=1S/C12H23NO3/c1-12(2,3)16-11(15)13(4)8-9-6-5-7-10(9)14/h9-10,14H,5-8H2,1-4H3. The second-order valence-corrected chi connectivity index (χ2v) is 5.62. The van der Waals surface area contributed by atoms with Gasteiger partial charge < -0.3 is 14.7 Å². The quantitative estimate of drug-likeness (QED) is 0.788. The summed E-state index contributed by atoms with van der Waals surface area (Å²) in [5, 5.41) is 9.67. The first kappa shape index (κ1) is 13.3. The Hall–Kier alpha value is -0.770. The van der Waals surface area contributed by atoms with Crippen LogP contribution in [0.5, 0.6) is 0 Å². The summed E-state index contributed by atoms with van der Waals surface area (Å²) in [6, 6.07) is 0. The Balaban J connectivity index is 2.39. The van der Waals surface area contributed by atoms with Gasteiger partial charge in [-0.2, -0.15) is 0 Å². The Kier molecular flexibility index (Phi) is 4.19. The molecule has 0 radical (unpaired) electrons. The van der Waals surface area contributed by atoms with E-state index in [-0.39, 0.29) is 18.1 Å². The van der Waals surface area contributed by atoms with Gasteiger partial charge in [-0.1, -0.05) is 6.42 Å². The van der Waals surface area contributed by atoms with E-state index in [4.69, 9.17) is 4.74 Å². The number of carbonyl (C=O) groups is 1. The number of nitrogens with zero attached hydrogens (tertiary/aromatic N) is 1. The van der Waals surface area contributed by atoms with Crippen molar-refractivity contribution in [3.8, 4) is 0 Å². The first-order chi connectivity index (χ1) is 7.29. The van der Waals surface area contributed by atoms with Crippen LogP contribution in [0.1, 0.15) is 40.0 Å². The molecule has 4 heteroatoms. The van der Waals surface area contributed by atoms with Crippen LogP contribution < -0.4 is 0 Å². The van der Waals surface area contributed by atoms with Crippen molar-refractivity contribution in [1.82, 2.24) is 4.90 Å². The average molecular weight is 229 g/mol. The lowest BCUT2D eigenvalue weighted by Gasteiger charge is -2.27. The maximum atomic E-state index is 11.7. The molecule has 94 valence electrons. The first-order valence-electron chi connectivity index (χ1n) is 5.92. The second kappa shape index (κ2) is 5.04. The summed E-state index contributed by atoms with van der Waals surface area (Å²) in [6.07, 6.45) is 2.33. The van der Waals surface area contributed by atoms with Gasteiger partial charge in [-0.15, -0.1) is 0 Å². The van der Waals surface area contributed by atoms with Crippen LogP contribution in [-0.4, -0.2) is 41.4 Å². The van der Waals surface area contributed by atoms with Crippen molar-refractivity contribution in [3.63, 3.8) is 0 Å². The van der Waals surface area contributed by atoms with E-state index in [1.165, 1.54) is 0 Å². The van der Waals surface area contributed by atoms with Crippen LogP contribution in [0.25, 0.3) is 0 Å². The summed E-state index contributed by atoms with van der Waals surface area (Å²) in [6.45, 7) is 6.13. The number of amides is 1. The fourth-order valence-electron chi connectivity index (χ4n) is 2.00. The molecule has 1 aliphatic rings. The van der Waals surface area contributed by atoms with Gasteiger partial charge in [-0.05, 0) is 33.6 Å². The number of ether oxygens (including phenoxy) is 1. The van der Waals surface area contributed by atoms with Crippen molar-refractivity contribution in [2.45, 2.75) is 51.7 Å². The Morgan fingerprint density at radius 2 is 2.06 bits per heavy atom. The minimum atomic E-state index is -0.459. The minimum Gasteiger partial charge on any atom is -0.444 e. The number of carbonyl (C=O) groups excluding carboxylic acids is 1. The first-order valence-corrected chi connectivity index (χ1v) is 5.92. The lowest BCUT2D eigenvalue weighted by Crippen LogP contribution is -2.38. The van der Waals surface area contributed by atoms with Gasteiger partial charge in [-0.3, -0.25) is 0 Å². The summed E-state index contributed by atoms with van der Waals surface area (Å²) in [5.41, 5.74) is -0.459. The number of aliphatic hydroxyl groups is 1. The van der Waals surface area contributed by atoms with Crippen molar-refractivity contribution < 1.29 is 14.6 Å². The Labute approximate surface area is 97.6 Å². The molecule has 0 spiro atoms. The number of hydrogen-bond donors (Lipinski definition) is 1. The zero-order valence-electron chi connectivity index (χ0n) is 10.7. The van der Waals surface area contributed by atoms with Crippen LogP contribution >= 0.6 is 0 Å². The highest BCUT2D eigenvalue weighted by Crippen LogP contribution is 2.26. The molecule has 1 amide bonds. The molecule has 0 aromatic rings. The summed E-state index contributed by atoms with van der Waals surface area (Å²) in [5.74, 6) is 0.206. The summed E-state index contributed by atoms with van der Waals surface area (Å²) < 4.78 is 5.25. The fraction of sp³-hybridized carbons (Fsp3) is 0.917. The molecule has 1 rings (SSSR count). The van der Waals surface area contributed by atoms with Crippen LogP contribution in [0.2, 0.25) is 0 Å². The van der Waals surface area contributed by atoms with E-state index in [1.54, 1.807) is 11.9 Å². The van der Waals surface area contributed by atoms with Crippen molar-refractivity contribution in [3.05, 3.63) is 0 Å². The highest BCUT2D eigenvalue weighted by atomic mass is 16.6. The highest BCUT2D eigenvalue weighted by molar-refractivity contribution is 5.67. The van der Waals surface area contributed by atoms with E-state index in [9.17, 15) is 9.90 Å². The van der Waals surface area contributed by atoms with Gasteiger partial charge >= 0.3 is 6.09 Å². The number of aliphatic hydroxyl groups excluding tert-OH is 1. The molecule has 0 saturated heterocycles. The van der Waals surface area contributed by atoms with E-state index in [1.807, 2.05) is 20.8 Å². The third kappa shape index (κ3) is 4.00. The maximum Gasteiger partial charge on any atom is 0.410 e. The number of rotatable bonds is 2. The van der Waals surface area contributed by atoms with Gasteiger partial charge in [0.2, 0.25) is 0 Å². The molecule has 2 unspecified atom stereocenters. The van der Waals surface area contributed by atoms with Crippen molar-refractivity contribution >= 4 is 6.09 Å². The van der Waals surface area contributed by atoms with Gasteiger partial charge in [0.1, 0.15) is 5.60 Å². The molecular weight excluding hydrogens is 206 g/mol. The van der Waals surface area contributed by atoms with E-state index in [0.717, 1.165) is 19.3 Å². The molecule has 1 N–H and O–H groups in total. The molecule has 2 atom stereocenters. The average Bonchev–Trinajstić information content (AvgIpc) is 2.49. The molecule has 0 aromatic heterocycles. The predicted octanol–water partition coefficient (Wildman–Crippen LogP) is 2.01. The smallest absolute Gasteiger partial charge is 0.410 e. The Morgan fingerprint density at radius 1 is 1.44 bits per heavy atom. The van der Waals surface area contributed by atoms with Crippen LogP contribution in [0.4, 0.5) is 4.79 Å². The molecule has 16 heavy (non-hydrogen) atoms. The van der Waals surface area contributed by atoms with Gasteiger partial charge in [0.25, 0.3) is 0 Å². The fourth-order valence-corrected chi connectivity index (χ4v) is 2.00. The van der Waals surface area contributed by atoms with Crippen molar-refractivity contribution in [1.29, 1.82) is 0 Å². The topological polar surface area (TPSA) is 49.8 Å². The van der Waals surface area contributed by atoms with Crippen LogP contribution in [0, 0.1) is 5.92 Å². The summed E-state index contributed by atoms with van der Waals surface area (Å²) in [7, 11) is 1.72. The molecule has 1 saturated carbocycles. The molecule has 0 bridgehead atoms. The lowest BCUT2D eigenvalue weighted by molar-refractivity contribution is 0.0227. The minimum absolute atomic E-state index is 0.206. The maximum absolute atomic E-state index is 11.7. The van der Waals surface area contributed by atoms with Crippen molar-refractivity contribution in [2.75, 3.05) is 13.6 Å². The van der Waals surface area contributed by atoms with E-state index in [0.29, 0.717) is 6.54 Å². The number of hydrogen-bond acceptors (Lipinski definition) is 3. The third-order valence-corrected chi connectivity index (χ3v) is 2.83. The van der Waals surface area contributed by atoms with Gasteiger partial charge in [0.15, 0.2) is 0 Å². The van der Waals surface area contributed by atoms with E-state index >= 15 is 0 Å². The SMILES string of the molecule is CN(CC1CCCC1O)C(=O)OC(C)(C)C. The summed E-state index contributed by atoms with van der Waals surface area (Å²) >= 11 is 0. The van der Waals surface area contributed by atoms with E-state index in [2.05, 4.69) is 0 Å². The van der Waals surface area contributed by atoms with Crippen LogP contribution in [-0.2, 0) is 4.74 Å². The molecule has 0 aliphatic heterocycles. The molecule has 0 heterocycles. The largest absolute Gasteiger partial charge is 0.444 e. The van der Waals surface area contributed by atoms with Gasteiger partial charge in [-0.25, -0.2) is 4.79 Å².